The maximum atomic E-state index is 13.0. The molecule has 0 aromatic carbocycles. The van der Waals surface area contributed by atoms with Crippen LogP contribution >= 0.6 is 0 Å². The zero-order valence-electron chi connectivity index (χ0n) is 39.2. The van der Waals surface area contributed by atoms with Gasteiger partial charge in [0.05, 0.1) is 26.4 Å². The molecule has 14 nitrogen and oxygen atoms in total. The highest BCUT2D eigenvalue weighted by atomic mass is 16.7. The number of carbonyl (C=O) groups excluding carboxylic acids is 1. The molecule has 14 heteroatoms. The minimum absolute atomic E-state index is 0.0301. The Bertz CT molecular complexity index is 1390. The summed E-state index contributed by atoms with van der Waals surface area (Å²) in [6.45, 7) is 3.34. The quantitative estimate of drug-likeness (QED) is 0.0203. The van der Waals surface area contributed by atoms with Crippen molar-refractivity contribution < 1.29 is 69.0 Å². The molecule has 0 bridgehead atoms. The molecule has 2 aliphatic heterocycles. The molecule has 7 N–H and O–H groups in total. The molecular weight excluding hydrogens is 837 g/mol. The lowest BCUT2D eigenvalue weighted by Crippen LogP contribution is -2.61. The van der Waals surface area contributed by atoms with Crippen LogP contribution in [-0.4, -0.2) is 142 Å². The average molecular weight is 921 g/mol. The van der Waals surface area contributed by atoms with Gasteiger partial charge in [-0.05, 0) is 83.5 Å². The van der Waals surface area contributed by atoms with Crippen LogP contribution in [0.15, 0.2) is 85.1 Å². The van der Waals surface area contributed by atoms with Crippen LogP contribution in [0.25, 0.3) is 0 Å². The number of aliphatic hydroxyl groups excluding tert-OH is 7. The van der Waals surface area contributed by atoms with Crippen LogP contribution in [0.5, 0.6) is 0 Å². The number of aliphatic hydroxyl groups is 7. The number of rotatable bonds is 36. The summed E-state index contributed by atoms with van der Waals surface area (Å²) in [4.78, 5) is 13.0. The molecule has 0 saturated carbocycles. The normalized spacial score (nSPS) is 27.3. The topological polar surface area (TPSA) is 214 Å². The molecule has 0 aromatic rings. The van der Waals surface area contributed by atoms with Gasteiger partial charge >= 0.3 is 5.97 Å². The maximum Gasteiger partial charge on any atom is 0.306 e. The number of ether oxygens (including phenoxy) is 6. The number of unbranched alkanes of at least 4 members (excludes halogenated alkanes) is 8. The zero-order chi connectivity index (χ0) is 47.3. The van der Waals surface area contributed by atoms with E-state index in [1.165, 1.54) is 6.42 Å². The lowest BCUT2D eigenvalue weighted by molar-refractivity contribution is -0.332. The first-order valence-corrected chi connectivity index (χ1v) is 24.2. The minimum Gasteiger partial charge on any atom is -0.457 e. The summed E-state index contributed by atoms with van der Waals surface area (Å²) in [5.41, 5.74) is 0. The van der Waals surface area contributed by atoms with Crippen LogP contribution < -0.4 is 0 Å². The van der Waals surface area contributed by atoms with E-state index in [-0.39, 0.29) is 19.6 Å². The van der Waals surface area contributed by atoms with Gasteiger partial charge in [-0.15, -0.1) is 0 Å². The second-order valence-electron chi connectivity index (χ2n) is 16.5. The summed E-state index contributed by atoms with van der Waals surface area (Å²) in [5.74, 6) is -0.426. The largest absolute Gasteiger partial charge is 0.457 e. The van der Waals surface area contributed by atoms with Gasteiger partial charge in [-0.25, -0.2) is 0 Å². The van der Waals surface area contributed by atoms with E-state index < -0.39 is 86.7 Å². The van der Waals surface area contributed by atoms with Crippen LogP contribution in [0.1, 0.15) is 129 Å². The van der Waals surface area contributed by atoms with Gasteiger partial charge in [-0.3, -0.25) is 4.79 Å². The monoisotopic (exact) mass is 921 g/mol. The second-order valence-corrected chi connectivity index (χ2v) is 16.5. The molecule has 0 amide bonds. The van der Waals surface area contributed by atoms with E-state index in [4.69, 9.17) is 28.4 Å². The fourth-order valence-electron chi connectivity index (χ4n) is 6.99. The highest BCUT2D eigenvalue weighted by Crippen LogP contribution is 2.26. The molecule has 0 spiro atoms. The Morgan fingerprint density at radius 1 is 0.508 bits per heavy atom. The Morgan fingerprint density at radius 2 is 0.954 bits per heavy atom. The summed E-state index contributed by atoms with van der Waals surface area (Å²) in [6, 6.07) is 0. The van der Waals surface area contributed by atoms with Gasteiger partial charge in [0.25, 0.3) is 0 Å². The number of carbonyl (C=O) groups is 1. The van der Waals surface area contributed by atoms with Crippen molar-refractivity contribution in [3.8, 4) is 0 Å². The molecule has 0 aromatic heterocycles. The number of allylic oxidation sites excluding steroid dienone is 14. The third kappa shape index (κ3) is 26.3. The standard InChI is InChI=1S/C51H84O14/c1-3-5-7-9-11-13-15-17-19-21-23-25-27-29-31-33-35-60-37-40(63-43(53)34-32-30-28-26-24-22-20-18-16-14-12-10-8-6-4-2)38-61-50-49(59)47(57)45(55)42(65-50)39-62-51-48(58)46(56)44(54)41(36-52)64-51/h5-8,11-14,17-20,24,26,40-42,44-52,54-59H,3-4,9-10,15-16,21-23,25,27-39H2,1-2H3/b7-5-,8-6-,13-11-,14-12-,19-17-,20-18-,26-24-. The maximum absolute atomic E-state index is 13.0. The van der Waals surface area contributed by atoms with Gasteiger partial charge < -0.3 is 64.2 Å². The predicted octanol–water partition coefficient (Wildman–Crippen LogP) is 6.51. The van der Waals surface area contributed by atoms with Gasteiger partial charge in [-0.1, -0.05) is 125 Å². The Morgan fingerprint density at radius 3 is 1.49 bits per heavy atom. The number of hydrogen-bond donors (Lipinski definition) is 7. The molecule has 2 heterocycles. The lowest BCUT2D eigenvalue weighted by Gasteiger charge is -2.42. The minimum atomic E-state index is -1.72. The SMILES string of the molecule is CC/C=C\C/C=C\C/C=C\C/C=C\CCCCC(=O)OC(COCCCCCCCC/C=C\C/C=C\C/C=C\CC)COC1OC(COC2OC(CO)C(O)C(O)C2O)C(O)C(O)C1O. The molecule has 11 unspecified atom stereocenters. The number of hydrogen-bond acceptors (Lipinski definition) is 14. The number of esters is 1. The highest BCUT2D eigenvalue weighted by Gasteiger charge is 2.47. The molecule has 2 aliphatic rings. The molecule has 372 valence electrons. The van der Waals surface area contributed by atoms with Crippen LogP contribution in [0.3, 0.4) is 0 Å². The summed E-state index contributed by atoms with van der Waals surface area (Å²) < 4.78 is 34.1. The van der Waals surface area contributed by atoms with Crippen molar-refractivity contribution in [2.24, 2.45) is 0 Å². The van der Waals surface area contributed by atoms with Gasteiger partial charge in [0.15, 0.2) is 12.6 Å². The van der Waals surface area contributed by atoms with Crippen molar-refractivity contribution in [3.63, 3.8) is 0 Å². The van der Waals surface area contributed by atoms with Crippen LogP contribution in [0.2, 0.25) is 0 Å². The molecular formula is C51H84O14. The lowest BCUT2D eigenvalue weighted by atomic mass is 9.98. The van der Waals surface area contributed by atoms with Crippen LogP contribution in [0.4, 0.5) is 0 Å². The highest BCUT2D eigenvalue weighted by molar-refractivity contribution is 5.69. The van der Waals surface area contributed by atoms with Crippen molar-refractivity contribution >= 4 is 5.97 Å². The first-order valence-electron chi connectivity index (χ1n) is 24.2. The van der Waals surface area contributed by atoms with E-state index in [1.54, 1.807) is 0 Å². The Labute approximate surface area is 389 Å². The average Bonchev–Trinajstić information content (AvgIpc) is 3.30. The van der Waals surface area contributed by atoms with E-state index in [2.05, 4.69) is 98.9 Å². The second kappa shape index (κ2) is 38.2. The summed E-state index contributed by atoms with van der Waals surface area (Å²) in [6.07, 6.45) is 30.8. The Hall–Kier alpha value is -2.83. The smallest absolute Gasteiger partial charge is 0.306 e. The Balaban J connectivity index is 1.82. The first kappa shape index (κ1) is 58.3. The molecule has 0 aliphatic carbocycles. The van der Waals surface area contributed by atoms with E-state index >= 15 is 0 Å². The molecule has 2 saturated heterocycles. The van der Waals surface area contributed by atoms with Gasteiger partial charge in [0.1, 0.15) is 54.9 Å². The summed E-state index contributed by atoms with van der Waals surface area (Å²) in [7, 11) is 0. The van der Waals surface area contributed by atoms with E-state index in [1.807, 2.05) is 0 Å². The fraction of sp³-hybridized carbons (Fsp3) is 0.706. The summed E-state index contributed by atoms with van der Waals surface area (Å²) >= 11 is 0. The molecule has 2 fully saturated rings. The molecule has 2 rings (SSSR count). The van der Waals surface area contributed by atoms with Crippen molar-refractivity contribution in [2.75, 3.05) is 33.0 Å². The van der Waals surface area contributed by atoms with Gasteiger partial charge in [0.2, 0.25) is 0 Å². The van der Waals surface area contributed by atoms with Crippen LogP contribution in [-0.2, 0) is 33.2 Å². The third-order valence-electron chi connectivity index (χ3n) is 10.9. The molecule has 65 heavy (non-hydrogen) atoms. The van der Waals surface area contributed by atoms with Crippen molar-refractivity contribution in [3.05, 3.63) is 85.1 Å². The fourth-order valence-corrected chi connectivity index (χ4v) is 6.99. The van der Waals surface area contributed by atoms with E-state index in [9.17, 15) is 40.5 Å². The van der Waals surface area contributed by atoms with Crippen molar-refractivity contribution in [1.29, 1.82) is 0 Å². The zero-order valence-corrected chi connectivity index (χ0v) is 39.2. The van der Waals surface area contributed by atoms with Gasteiger partial charge in [0, 0.05) is 13.0 Å². The Kier molecular flexibility index (Phi) is 34.2. The van der Waals surface area contributed by atoms with E-state index in [0.717, 1.165) is 96.3 Å². The van der Waals surface area contributed by atoms with Gasteiger partial charge in [-0.2, -0.15) is 0 Å². The van der Waals surface area contributed by atoms with Crippen molar-refractivity contribution in [1.82, 2.24) is 0 Å². The summed E-state index contributed by atoms with van der Waals surface area (Å²) in [5, 5.41) is 72.0. The molecule has 11 atom stereocenters. The van der Waals surface area contributed by atoms with Crippen molar-refractivity contribution in [2.45, 2.75) is 197 Å². The van der Waals surface area contributed by atoms with Crippen LogP contribution in [0, 0.1) is 0 Å². The first-order chi connectivity index (χ1) is 31.6. The van der Waals surface area contributed by atoms with E-state index in [0.29, 0.717) is 13.0 Å². The molecule has 0 radical (unpaired) electrons. The third-order valence-corrected chi connectivity index (χ3v) is 10.9. The predicted molar refractivity (Wildman–Crippen MR) is 251 cm³/mol.